The Balaban J connectivity index is 3.25. The Morgan fingerprint density at radius 3 is 1.90 bits per heavy atom. The topological polar surface area (TPSA) is 170 Å². The second kappa shape index (κ2) is 18.7. The second-order valence-corrected chi connectivity index (χ2v) is 10.1. The molecule has 0 heterocycles. The Bertz CT molecular complexity index is 984. The molecule has 1 aromatic rings. The summed E-state index contributed by atoms with van der Waals surface area (Å²) >= 11 is 0. The molecule has 0 aliphatic rings. The number of aliphatic carboxylic acids is 1. The fourth-order valence-corrected chi connectivity index (χ4v) is 3.38. The monoisotopic (exact) mass is 583 g/mol. The van der Waals surface area contributed by atoms with Crippen LogP contribution in [0.25, 0.3) is 0 Å². The first kappa shape index (κ1) is 35.5. The van der Waals surface area contributed by atoms with Gasteiger partial charge in [-0.25, -0.2) is 14.4 Å². The molecule has 5 atom stereocenters. The molecule has 0 bridgehead atoms. The summed E-state index contributed by atoms with van der Waals surface area (Å²) in [5.74, 6) is -2.33. The predicted molar refractivity (Wildman–Crippen MR) is 149 cm³/mol. The highest BCUT2D eigenvalue weighted by Crippen LogP contribution is 2.35. The molecule has 4 unspecified atom stereocenters. The summed E-state index contributed by atoms with van der Waals surface area (Å²) in [5.41, 5.74) is 6.34. The van der Waals surface area contributed by atoms with Gasteiger partial charge in [0.2, 0.25) is 0 Å². The van der Waals surface area contributed by atoms with Crippen molar-refractivity contribution in [1.82, 2.24) is 0 Å². The SMILES string of the molecule is CCCCOC(=O)OC(C)CC(c1ccc(OC(=O)OCC(C)CC)c(OC(=O)OCC(C)CC)c1)[C@H](N)C(=O)O. The van der Waals surface area contributed by atoms with Crippen molar-refractivity contribution in [2.75, 3.05) is 19.8 Å². The van der Waals surface area contributed by atoms with Crippen LogP contribution in [0.5, 0.6) is 11.5 Å². The van der Waals surface area contributed by atoms with Gasteiger partial charge in [0.25, 0.3) is 0 Å². The highest BCUT2D eigenvalue weighted by atomic mass is 16.7. The van der Waals surface area contributed by atoms with E-state index in [0.717, 1.165) is 19.3 Å². The Hall–Kier alpha value is -3.54. The quantitative estimate of drug-likeness (QED) is 0.0945. The number of rotatable bonds is 17. The van der Waals surface area contributed by atoms with Gasteiger partial charge in [-0.2, -0.15) is 0 Å². The van der Waals surface area contributed by atoms with Crippen molar-refractivity contribution < 1.29 is 52.7 Å². The van der Waals surface area contributed by atoms with Crippen LogP contribution in [-0.4, -0.2) is 61.5 Å². The van der Waals surface area contributed by atoms with Crippen LogP contribution in [0, 0.1) is 11.8 Å². The fraction of sp³-hybridized carbons (Fsp3) is 0.655. The zero-order valence-corrected chi connectivity index (χ0v) is 24.9. The van der Waals surface area contributed by atoms with Crippen LogP contribution in [0.1, 0.15) is 85.1 Å². The summed E-state index contributed by atoms with van der Waals surface area (Å²) in [7, 11) is 0. The average molecular weight is 584 g/mol. The largest absolute Gasteiger partial charge is 0.513 e. The first-order valence-corrected chi connectivity index (χ1v) is 14.1. The normalized spacial score (nSPS) is 14.5. The van der Waals surface area contributed by atoms with Crippen molar-refractivity contribution in [2.45, 2.75) is 91.7 Å². The highest BCUT2D eigenvalue weighted by Gasteiger charge is 2.30. The van der Waals surface area contributed by atoms with Gasteiger partial charge >= 0.3 is 24.4 Å². The fourth-order valence-electron chi connectivity index (χ4n) is 3.38. The molecule has 0 saturated carbocycles. The molecule has 3 N–H and O–H groups in total. The number of ether oxygens (including phenoxy) is 6. The lowest BCUT2D eigenvalue weighted by Gasteiger charge is -2.25. The maximum Gasteiger partial charge on any atom is 0.513 e. The predicted octanol–water partition coefficient (Wildman–Crippen LogP) is 6.04. The minimum atomic E-state index is -1.41. The van der Waals surface area contributed by atoms with Gasteiger partial charge in [-0.1, -0.05) is 59.9 Å². The van der Waals surface area contributed by atoms with Crippen LogP contribution >= 0.6 is 0 Å². The van der Waals surface area contributed by atoms with Gasteiger partial charge in [0.05, 0.1) is 19.8 Å². The number of carboxylic acids is 1. The Kier molecular flexibility index (Phi) is 16.2. The van der Waals surface area contributed by atoms with Gasteiger partial charge in [-0.05, 0) is 49.3 Å². The van der Waals surface area contributed by atoms with E-state index in [2.05, 4.69) is 0 Å². The van der Waals surface area contributed by atoms with Crippen LogP contribution in [0.2, 0.25) is 0 Å². The maximum atomic E-state index is 12.4. The second-order valence-electron chi connectivity index (χ2n) is 10.1. The van der Waals surface area contributed by atoms with Crippen molar-refractivity contribution in [1.29, 1.82) is 0 Å². The molecule has 12 heteroatoms. The van der Waals surface area contributed by atoms with Crippen LogP contribution in [0.15, 0.2) is 18.2 Å². The summed E-state index contributed by atoms with van der Waals surface area (Å²) in [6.07, 6.45) is -0.587. The Labute approximate surface area is 241 Å². The van der Waals surface area contributed by atoms with Gasteiger partial charge in [0.1, 0.15) is 12.1 Å². The number of hydrogen-bond donors (Lipinski definition) is 2. The molecule has 12 nitrogen and oxygen atoms in total. The van der Waals surface area contributed by atoms with E-state index in [1.807, 2.05) is 34.6 Å². The molecule has 1 aromatic carbocycles. The molecule has 1 rings (SSSR count). The van der Waals surface area contributed by atoms with Crippen molar-refractivity contribution >= 4 is 24.4 Å². The lowest BCUT2D eigenvalue weighted by molar-refractivity contribution is -0.139. The number of nitrogens with two attached hydrogens (primary N) is 1. The molecule has 0 spiro atoms. The number of hydrogen-bond acceptors (Lipinski definition) is 11. The van der Waals surface area contributed by atoms with Gasteiger partial charge in [0, 0.05) is 5.92 Å². The number of benzene rings is 1. The van der Waals surface area contributed by atoms with Gasteiger partial charge in [-0.15, -0.1) is 0 Å². The summed E-state index contributed by atoms with van der Waals surface area (Å²) in [4.78, 5) is 48.6. The number of carbonyl (C=O) groups is 4. The molecular weight excluding hydrogens is 538 g/mol. The van der Waals surface area contributed by atoms with E-state index in [1.54, 1.807) is 6.92 Å². The molecule has 0 aromatic heterocycles. The zero-order valence-electron chi connectivity index (χ0n) is 24.9. The van der Waals surface area contributed by atoms with E-state index < -0.39 is 42.5 Å². The van der Waals surface area contributed by atoms with Crippen molar-refractivity contribution in [3.8, 4) is 11.5 Å². The third kappa shape index (κ3) is 13.6. The van der Waals surface area contributed by atoms with Crippen LogP contribution in [-0.2, 0) is 23.7 Å². The molecule has 41 heavy (non-hydrogen) atoms. The maximum absolute atomic E-state index is 12.4. The van der Waals surface area contributed by atoms with Crippen LogP contribution < -0.4 is 15.2 Å². The van der Waals surface area contributed by atoms with Gasteiger partial charge < -0.3 is 39.3 Å². The highest BCUT2D eigenvalue weighted by molar-refractivity contribution is 5.75. The summed E-state index contributed by atoms with van der Waals surface area (Å²) in [5, 5.41) is 9.66. The summed E-state index contributed by atoms with van der Waals surface area (Å²) in [6.45, 7) is 11.7. The standard InChI is InChI=1S/C29H45NO11/c1-7-10-13-36-27(33)39-20(6)14-22(25(30)26(31)32)21-11-12-23(40-28(34)37-16-18(4)8-2)24(15-21)41-29(35)38-17-19(5)9-3/h11-12,15,18-20,22,25H,7-10,13-14,16-17,30H2,1-6H3,(H,31,32)/t18?,19?,20?,22?,25-/m0/s1. The van der Waals surface area contributed by atoms with E-state index in [9.17, 15) is 24.3 Å². The van der Waals surface area contributed by atoms with Crippen molar-refractivity contribution in [3.05, 3.63) is 23.8 Å². The number of unbranched alkanes of at least 4 members (excludes halogenated alkanes) is 1. The molecule has 232 valence electrons. The minimum Gasteiger partial charge on any atom is -0.480 e. The first-order chi connectivity index (χ1) is 19.4. The van der Waals surface area contributed by atoms with Crippen molar-refractivity contribution in [2.24, 2.45) is 17.6 Å². The lowest BCUT2D eigenvalue weighted by Crippen LogP contribution is -2.38. The third-order valence-corrected chi connectivity index (χ3v) is 6.47. The van der Waals surface area contributed by atoms with E-state index >= 15 is 0 Å². The average Bonchev–Trinajstić information content (AvgIpc) is 2.93. The molecule has 0 radical (unpaired) electrons. The van der Waals surface area contributed by atoms with Crippen molar-refractivity contribution in [3.63, 3.8) is 0 Å². The minimum absolute atomic E-state index is 0.00535. The number of carbonyl (C=O) groups excluding carboxylic acids is 3. The van der Waals surface area contributed by atoms with E-state index in [4.69, 9.17) is 34.2 Å². The summed E-state index contributed by atoms with van der Waals surface area (Å²) < 4.78 is 31.2. The van der Waals surface area contributed by atoms with Gasteiger partial charge in [0.15, 0.2) is 11.5 Å². The molecular formula is C29H45NO11. The third-order valence-electron chi connectivity index (χ3n) is 6.47. The van der Waals surface area contributed by atoms with Crippen LogP contribution in [0.3, 0.4) is 0 Å². The first-order valence-electron chi connectivity index (χ1n) is 14.1. The Morgan fingerprint density at radius 2 is 1.39 bits per heavy atom. The summed E-state index contributed by atoms with van der Waals surface area (Å²) in [6, 6.07) is 2.74. The van der Waals surface area contributed by atoms with Gasteiger partial charge in [-0.3, -0.25) is 4.79 Å². The van der Waals surface area contributed by atoms with E-state index in [1.165, 1.54) is 18.2 Å². The Morgan fingerprint density at radius 1 is 0.829 bits per heavy atom. The zero-order chi connectivity index (χ0) is 30.9. The molecule has 0 amide bonds. The number of carboxylic acid groups (broad SMARTS) is 1. The molecule has 0 aliphatic heterocycles. The molecule has 0 aliphatic carbocycles. The van der Waals surface area contributed by atoms with Crippen LogP contribution in [0.4, 0.5) is 14.4 Å². The van der Waals surface area contributed by atoms with E-state index in [-0.39, 0.29) is 49.6 Å². The molecule has 0 fully saturated rings. The smallest absolute Gasteiger partial charge is 0.480 e. The van der Waals surface area contributed by atoms with E-state index in [0.29, 0.717) is 12.0 Å². The lowest BCUT2D eigenvalue weighted by atomic mass is 9.87. The molecule has 0 saturated heterocycles.